The van der Waals surface area contributed by atoms with Crippen LogP contribution >= 0.6 is 0 Å². The van der Waals surface area contributed by atoms with Crippen LogP contribution in [-0.4, -0.2) is 21.7 Å². The number of aromatic nitrogens is 2. The summed E-state index contributed by atoms with van der Waals surface area (Å²) in [6.45, 7) is 1.47. The van der Waals surface area contributed by atoms with Gasteiger partial charge in [-0.15, -0.1) is 0 Å². The van der Waals surface area contributed by atoms with E-state index >= 15 is 0 Å². The molecule has 0 spiro atoms. The van der Waals surface area contributed by atoms with E-state index in [1.807, 2.05) is 47.3 Å². The van der Waals surface area contributed by atoms with Crippen LogP contribution in [-0.2, 0) is 13.1 Å². The molecule has 1 heterocycles. The van der Waals surface area contributed by atoms with Gasteiger partial charge >= 0.3 is 0 Å². The summed E-state index contributed by atoms with van der Waals surface area (Å²) in [4.78, 5) is 12.5. The maximum Gasteiger partial charge on any atom is 0.255 e. The largest absolute Gasteiger partial charge is 0.397 e. The Balaban J connectivity index is 1.12. The molecule has 166 valence electrons. The van der Waals surface area contributed by atoms with E-state index < -0.39 is 0 Å². The van der Waals surface area contributed by atoms with Crippen molar-refractivity contribution >= 4 is 17.3 Å². The van der Waals surface area contributed by atoms with Crippen LogP contribution in [0.4, 0.5) is 11.4 Å². The Kier molecular flexibility index (Phi) is 5.91. The van der Waals surface area contributed by atoms with Crippen LogP contribution in [0.1, 0.15) is 39.4 Å². The van der Waals surface area contributed by atoms with E-state index in [1.165, 1.54) is 17.5 Å². The van der Waals surface area contributed by atoms with Crippen LogP contribution in [0.25, 0.3) is 0 Å². The van der Waals surface area contributed by atoms with E-state index in [-0.39, 0.29) is 5.91 Å². The molecular formula is C27H27N5O. The molecule has 3 aromatic carbocycles. The van der Waals surface area contributed by atoms with Gasteiger partial charge in [0.2, 0.25) is 0 Å². The smallest absolute Gasteiger partial charge is 0.255 e. The highest BCUT2D eigenvalue weighted by Crippen LogP contribution is 2.40. The molecule has 0 radical (unpaired) electrons. The molecule has 6 heteroatoms. The lowest BCUT2D eigenvalue weighted by atomic mass is 10.1. The summed E-state index contributed by atoms with van der Waals surface area (Å²) in [7, 11) is 0. The first-order valence-electron chi connectivity index (χ1n) is 11.2. The molecule has 0 saturated heterocycles. The van der Waals surface area contributed by atoms with E-state index in [2.05, 4.69) is 52.3 Å². The molecule has 0 bridgehead atoms. The van der Waals surface area contributed by atoms with Crippen molar-refractivity contribution in [2.24, 2.45) is 0 Å². The molecule has 6 nitrogen and oxygen atoms in total. The fraction of sp³-hybridized carbons (Fsp3) is 0.185. The van der Waals surface area contributed by atoms with Crippen molar-refractivity contribution in [1.82, 2.24) is 15.1 Å². The molecule has 1 aliphatic carbocycles. The number of hydrogen-bond acceptors (Lipinski definition) is 4. The van der Waals surface area contributed by atoms with Crippen LogP contribution in [0.5, 0.6) is 0 Å². The van der Waals surface area contributed by atoms with E-state index in [4.69, 9.17) is 5.73 Å². The number of anilines is 2. The zero-order chi connectivity index (χ0) is 22.6. The summed E-state index contributed by atoms with van der Waals surface area (Å²) < 4.78 is 1.93. The molecule has 4 N–H and O–H groups in total. The maximum atomic E-state index is 12.5. The van der Waals surface area contributed by atoms with Gasteiger partial charge in [-0.3, -0.25) is 9.48 Å². The molecule has 1 saturated carbocycles. The molecule has 0 aliphatic heterocycles. The number of carbonyl (C=O) groups excluding carboxylic acids is 1. The van der Waals surface area contributed by atoms with Gasteiger partial charge in [0.05, 0.1) is 24.1 Å². The Hall–Kier alpha value is -3.90. The van der Waals surface area contributed by atoms with E-state index in [1.54, 1.807) is 12.1 Å². The zero-order valence-electron chi connectivity index (χ0n) is 18.3. The Morgan fingerprint density at radius 2 is 1.73 bits per heavy atom. The molecule has 0 unspecified atom stereocenters. The van der Waals surface area contributed by atoms with Crippen LogP contribution in [0.15, 0.2) is 91.3 Å². The van der Waals surface area contributed by atoms with Gasteiger partial charge in [0.1, 0.15) is 0 Å². The Morgan fingerprint density at radius 3 is 2.52 bits per heavy atom. The average molecular weight is 438 g/mol. The molecule has 4 aromatic rings. The molecule has 1 fully saturated rings. The third kappa shape index (κ3) is 5.13. The lowest BCUT2D eigenvalue weighted by molar-refractivity contribution is 0.102. The highest BCUT2D eigenvalue weighted by atomic mass is 16.1. The predicted molar refractivity (Wildman–Crippen MR) is 131 cm³/mol. The number of rotatable bonds is 8. The number of carbonyl (C=O) groups is 1. The Bertz CT molecular complexity index is 1230. The maximum absolute atomic E-state index is 12.5. The Morgan fingerprint density at radius 1 is 0.970 bits per heavy atom. The molecule has 2 atom stereocenters. The molecule has 1 aromatic heterocycles. The summed E-state index contributed by atoms with van der Waals surface area (Å²) in [6.07, 6.45) is 5.18. The zero-order valence-corrected chi connectivity index (χ0v) is 18.3. The van der Waals surface area contributed by atoms with Crippen LogP contribution in [0.3, 0.4) is 0 Å². The number of nitrogen functional groups attached to an aromatic ring is 1. The number of hydrogen-bond donors (Lipinski definition) is 3. The average Bonchev–Trinajstić information content (AvgIpc) is 3.50. The first kappa shape index (κ1) is 21.0. The summed E-state index contributed by atoms with van der Waals surface area (Å²) in [5.41, 5.74) is 11.3. The number of nitrogens with two attached hydrogens (primary N) is 1. The quantitative estimate of drug-likeness (QED) is 0.357. The van der Waals surface area contributed by atoms with Crippen molar-refractivity contribution < 1.29 is 4.79 Å². The van der Waals surface area contributed by atoms with Gasteiger partial charge in [-0.1, -0.05) is 54.6 Å². The van der Waals surface area contributed by atoms with Gasteiger partial charge in [0.15, 0.2) is 0 Å². The molecular weight excluding hydrogens is 410 g/mol. The first-order chi connectivity index (χ1) is 16.2. The van der Waals surface area contributed by atoms with Gasteiger partial charge < -0.3 is 16.4 Å². The number of nitrogens with one attached hydrogen (secondary N) is 2. The van der Waals surface area contributed by atoms with E-state index in [9.17, 15) is 4.79 Å². The predicted octanol–water partition coefficient (Wildman–Crippen LogP) is 4.41. The van der Waals surface area contributed by atoms with E-state index in [0.717, 1.165) is 12.1 Å². The minimum absolute atomic E-state index is 0.180. The SMILES string of the molecule is Nc1ccccc1NC(=O)c1ccc(Cn2cc(CN[C@@H]3C[C@H]3c3ccccc3)cn2)cc1. The van der Waals surface area contributed by atoms with Gasteiger partial charge in [0.25, 0.3) is 5.91 Å². The molecule has 5 rings (SSSR count). The van der Waals surface area contributed by atoms with E-state index in [0.29, 0.717) is 35.4 Å². The van der Waals surface area contributed by atoms with Crippen LogP contribution in [0, 0.1) is 0 Å². The third-order valence-corrected chi connectivity index (χ3v) is 6.04. The number of amides is 1. The fourth-order valence-electron chi connectivity index (χ4n) is 4.08. The third-order valence-electron chi connectivity index (χ3n) is 6.04. The molecule has 33 heavy (non-hydrogen) atoms. The van der Waals surface area contributed by atoms with Crippen molar-refractivity contribution in [1.29, 1.82) is 0 Å². The number of para-hydroxylation sites is 2. The highest BCUT2D eigenvalue weighted by Gasteiger charge is 2.37. The van der Waals surface area contributed by atoms with Crippen molar-refractivity contribution in [3.05, 3.63) is 114 Å². The second-order valence-corrected chi connectivity index (χ2v) is 8.52. The first-order valence-corrected chi connectivity index (χ1v) is 11.2. The van der Waals surface area contributed by atoms with Gasteiger partial charge in [0, 0.05) is 35.8 Å². The van der Waals surface area contributed by atoms with Crippen molar-refractivity contribution in [3.63, 3.8) is 0 Å². The number of benzene rings is 3. The molecule has 1 amide bonds. The standard InChI is InChI=1S/C27H27N5O/c28-24-8-4-5-9-25(24)31-27(33)22-12-10-19(11-13-22)17-32-18-20(16-30-32)15-29-26-14-23(26)21-6-2-1-3-7-21/h1-13,16,18,23,26,29H,14-15,17,28H2,(H,31,33)/t23-,26+/m0/s1. The van der Waals surface area contributed by atoms with Gasteiger partial charge in [-0.25, -0.2) is 0 Å². The second-order valence-electron chi connectivity index (χ2n) is 8.52. The van der Waals surface area contributed by atoms with Gasteiger partial charge in [-0.05, 0) is 41.8 Å². The van der Waals surface area contributed by atoms with Crippen LogP contribution in [0.2, 0.25) is 0 Å². The number of nitrogens with zero attached hydrogens (tertiary/aromatic N) is 2. The monoisotopic (exact) mass is 437 g/mol. The minimum Gasteiger partial charge on any atom is -0.397 e. The summed E-state index contributed by atoms with van der Waals surface area (Å²) in [5.74, 6) is 0.441. The van der Waals surface area contributed by atoms with Crippen molar-refractivity contribution in [2.45, 2.75) is 31.5 Å². The highest BCUT2D eigenvalue weighted by molar-refractivity contribution is 6.05. The topological polar surface area (TPSA) is 85.0 Å². The second kappa shape index (κ2) is 9.30. The summed E-state index contributed by atoms with van der Waals surface area (Å²) >= 11 is 0. The normalized spacial score (nSPS) is 17.0. The molecule has 1 aliphatic rings. The fourth-order valence-corrected chi connectivity index (χ4v) is 4.08. The summed E-state index contributed by atoms with van der Waals surface area (Å²) in [6, 6.07) is 26.0. The lowest BCUT2D eigenvalue weighted by Gasteiger charge is -2.08. The minimum atomic E-state index is -0.180. The van der Waals surface area contributed by atoms with Gasteiger partial charge in [-0.2, -0.15) is 5.10 Å². The summed E-state index contributed by atoms with van der Waals surface area (Å²) in [5, 5.41) is 11.0. The Labute approximate surface area is 193 Å². The van der Waals surface area contributed by atoms with Crippen molar-refractivity contribution in [3.8, 4) is 0 Å². The lowest BCUT2D eigenvalue weighted by Crippen LogP contribution is -2.16. The van der Waals surface area contributed by atoms with Crippen LogP contribution < -0.4 is 16.4 Å². The van der Waals surface area contributed by atoms with Crippen molar-refractivity contribution in [2.75, 3.05) is 11.1 Å².